The van der Waals surface area contributed by atoms with Gasteiger partial charge in [-0.2, -0.15) is 0 Å². The lowest BCUT2D eigenvalue weighted by Gasteiger charge is -2.24. The van der Waals surface area contributed by atoms with Crippen LogP contribution in [0.15, 0.2) is 6.33 Å². The van der Waals surface area contributed by atoms with Crippen LogP contribution in [0, 0.1) is 5.92 Å². The Morgan fingerprint density at radius 1 is 1.54 bits per heavy atom. The Morgan fingerprint density at radius 2 is 2.38 bits per heavy atom. The number of hydrogen-bond acceptors (Lipinski definition) is 2. The molecule has 0 radical (unpaired) electrons. The molecular weight excluding hydrogens is 162 g/mol. The van der Waals surface area contributed by atoms with Crippen LogP contribution in [0.3, 0.4) is 0 Å². The molecule has 0 saturated heterocycles. The van der Waals surface area contributed by atoms with Gasteiger partial charge in [-0.3, -0.25) is 0 Å². The maximum absolute atomic E-state index is 4.17. The van der Waals surface area contributed by atoms with Crippen molar-refractivity contribution >= 4 is 0 Å². The van der Waals surface area contributed by atoms with Gasteiger partial charge in [0.05, 0.1) is 0 Å². The van der Waals surface area contributed by atoms with Gasteiger partial charge in [-0.1, -0.05) is 26.2 Å². The highest BCUT2D eigenvalue weighted by atomic mass is 15.3. The summed E-state index contributed by atoms with van der Waals surface area (Å²) in [6.07, 6.45) is 8.34. The van der Waals surface area contributed by atoms with Crippen LogP contribution in [0.5, 0.6) is 0 Å². The molecule has 13 heavy (non-hydrogen) atoms. The lowest BCUT2D eigenvalue weighted by molar-refractivity contribution is 0.305. The summed E-state index contributed by atoms with van der Waals surface area (Å²) in [6.45, 7) is 3.25. The second kappa shape index (κ2) is 3.90. The third-order valence-electron chi connectivity index (χ3n) is 2.86. The summed E-state index contributed by atoms with van der Waals surface area (Å²) in [7, 11) is 0. The van der Waals surface area contributed by atoms with Crippen molar-refractivity contribution in [3.05, 3.63) is 12.2 Å². The number of aryl methyl sites for hydroxylation is 1. The highest BCUT2D eigenvalue weighted by Gasteiger charge is 2.19. The van der Waals surface area contributed by atoms with Crippen LogP contribution in [-0.4, -0.2) is 14.8 Å². The Balaban J connectivity index is 1.96. The summed E-state index contributed by atoms with van der Waals surface area (Å²) >= 11 is 0. The Kier molecular flexibility index (Phi) is 2.62. The van der Waals surface area contributed by atoms with Crippen molar-refractivity contribution < 1.29 is 0 Å². The molecule has 1 aliphatic rings. The summed E-state index contributed by atoms with van der Waals surface area (Å²) in [5.41, 5.74) is 0. The van der Waals surface area contributed by atoms with E-state index in [4.69, 9.17) is 0 Å². The smallest absolute Gasteiger partial charge is 0.133 e. The molecule has 0 amide bonds. The second-order valence-corrected chi connectivity index (χ2v) is 3.94. The quantitative estimate of drug-likeness (QED) is 0.708. The van der Waals surface area contributed by atoms with Crippen LogP contribution in [0.2, 0.25) is 0 Å². The fraction of sp³-hybridized carbons (Fsp3) is 0.800. The number of hydrogen-bond donors (Lipinski definition) is 0. The Hall–Kier alpha value is -0.860. The number of aromatic nitrogens is 3. The van der Waals surface area contributed by atoms with E-state index in [0.29, 0.717) is 0 Å². The van der Waals surface area contributed by atoms with Crippen molar-refractivity contribution in [3.63, 3.8) is 0 Å². The number of rotatable bonds is 4. The summed E-state index contributed by atoms with van der Waals surface area (Å²) in [5.74, 6) is 2.08. The minimum atomic E-state index is 0.889. The standard InChI is InChI=1S/C10H17N3/c1-2-6-13-8-11-12-10(13)7-9-4-3-5-9/h8-9H,2-7H2,1H3. The van der Waals surface area contributed by atoms with Crippen LogP contribution in [0.25, 0.3) is 0 Å². The van der Waals surface area contributed by atoms with Gasteiger partial charge in [0.2, 0.25) is 0 Å². The SMILES string of the molecule is CCCn1cnnc1CC1CCC1. The topological polar surface area (TPSA) is 30.7 Å². The zero-order valence-electron chi connectivity index (χ0n) is 8.24. The first kappa shape index (κ1) is 8.73. The highest BCUT2D eigenvalue weighted by Crippen LogP contribution is 2.29. The minimum Gasteiger partial charge on any atom is -0.318 e. The third kappa shape index (κ3) is 1.90. The highest BCUT2D eigenvalue weighted by molar-refractivity contribution is 4.90. The molecule has 0 N–H and O–H groups in total. The third-order valence-corrected chi connectivity index (χ3v) is 2.86. The first-order chi connectivity index (χ1) is 6.40. The van der Waals surface area contributed by atoms with E-state index in [1.165, 1.54) is 25.1 Å². The van der Waals surface area contributed by atoms with Gasteiger partial charge in [0.25, 0.3) is 0 Å². The zero-order chi connectivity index (χ0) is 9.10. The van der Waals surface area contributed by atoms with Crippen molar-refractivity contribution in [3.8, 4) is 0 Å². The van der Waals surface area contributed by atoms with Gasteiger partial charge >= 0.3 is 0 Å². The van der Waals surface area contributed by atoms with Crippen molar-refractivity contribution in [1.29, 1.82) is 0 Å². The molecule has 3 nitrogen and oxygen atoms in total. The molecule has 1 fully saturated rings. The maximum atomic E-state index is 4.17. The summed E-state index contributed by atoms with van der Waals surface area (Å²) in [4.78, 5) is 0. The molecule has 1 saturated carbocycles. The van der Waals surface area contributed by atoms with Gasteiger partial charge in [0.15, 0.2) is 0 Å². The van der Waals surface area contributed by atoms with Crippen molar-refractivity contribution in [2.75, 3.05) is 0 Å². The first-order valence-electron chi connectivity index (χ1n) is 5.27. The molecule has 2 rings (SSSR count). The molecular formula is C10H17N3. The van der Waals surface area contributed by atoms with Crippen LogP contribution in [0.4, 0.5) is 0 Å². The molecule has 1 aromatic heterocycles. The van der Waals surface area contributed by atoms with Crippen molar-refractivity contribution in [1.82, 2.24) is 14.8 Å². The van der Waals surface area contributed by atoms with Crippen LogP contribution >= 0.6 is 0 Å². The largest absolute Gasteiger partial charge is 0.318 e. The fourth-order valence-electron chi connectivity index (χ4n) is 1.82. The molecule has 0 bridgehead atoms. The van der Waals surface area contributed by atoms with Crippen molar-refractivity contribution in [2.45, 2.75) is 45.6 Å². The fourth-order valence-corrected chi connectivity index (χ4v) is 1.82. The van der Waals surface area contributed by atoms with Crippen molar-refractivity contribution in [2.24, 2.45) is 5.92 Å². The van der Waals surface area contributed by atoms with Gasteiger partial charge in [-0.25, -0.2) is 0 Å². The Morgan fingerprint density at radius 3 is 3.00 bits per heavy atom. The molecule has 1 heterocycles. The van der Waals surface area contributed by atoms with E-state index >= 15 is 0 Å². The van der Waals surface area contributed by atoms with Gasteiger partial charge in [-0.05, 0) is 12.3 Å². The molecule has 0 spiro atoms. The molecule has 0 aromatic carbocycles. The van der Waals surface area contributed by atoms with E-state index in [0.717, 1.165) is 25.3 Å². The lowest BCUT2D eigenvalue weighted by atomic mass is 9.83. The molecule has 3 heteroatoms. The monoisotopic (exact) mass is 179 g/mol. The Bertz CT molecular complexity index is 263. The van der Waals surface area contributed by atoms with Gasteiger partial charge in [0.1, 0.15) is 12.2 Å². The number of nitrogens with zero attached hydrogens (tertiary/aromatic N) is 3. The molecule has 0 atom stereocenters. The summed E-state index contributed by atoms with van der Waals surface area (Å²) < 4.78 is 2.19. The molecule has 0 aliphatic heterocycles. The van der Waals surface area contributed by atoms with Crippen LogP contribution in [-0.2, 0) is 13.0 Å². The average Bonchev–Trinajstić information content (AvgIpc) is 2.46. The summed E-state index contributed by atoms with van der Waals surface area (Å²) in [5, 5.41) is 8.13. The van der Waals surface area contributed by atoms with E-state index in [-0.39, 0.29) is 0 Å². The van der Waals surface area contributed by atoms with E-state index in [1.54, 1.807) is 0 Å². The van der Waals surface area contributed by atoms with Gasteiger partial charge < -0.3 is 4.57 Å². The molecule has 72 valence electrons. The van der Waals surface area contributed by atoms with E-state index in [1.807, 2.05) is 6.33 Å². The lowest BCUT2D eigenvalue weighted by Crippen LogP contribution is -2.16. The van der Waals surface area contributed by atoms with Crippen LogP contribution in [0.1, 0.15) is 38.4 Å². The van der Waals surface area contributed by atoms with E-state index < -0.39 is 0 Å². The Labute approximate surface area is 79.2 Å². The minimum absolute atomic E-state index is 0.889. The van der Waals surface area contributed by atoms with E-state index in [9.17, 15) is 0 Å². The zero-order valence-corrected chi connectivity index (χ0v) is 8.24. The maximum Gasteiger partial charge on any atom is 0.133 e. The molecule has 1 aromatic rings. The van der Waals surface area contributed by atoms with E-state index in [2.05, 4.69) is 21.7 Å². The predicted octanol–water partition coefficient (Wildman–Crippen LogP) is 2.03. The predicted molar refractivity (Wildman–Crippen MR) is 51.4 cm³/mol. The van der Waals surface area contributed by atoms with Crippen LogP contribution < -0.4 is 0 Å². The molecule has 1 aliphatic carbocycles. The summed E-state index contributed by atoms with van der Waals surface area (Å²) in [6, 6.07) is 0. The normalized spacial score (nSPS) is 17.3. The molecule has 0 unspecified atom stereocenters. The average molecular weight is 179 g/mol. The van der Waals surface area contributed by atoms with Gasteiger partial charge in [-0.15, -0.1) is 10.2 Å². The van der Waals surface area contributed by atoms with Gasteiger partial charge in [0, 0.05) is 13.0 Å². The first-order valence-corrected chi connectivity index (χ1v) is 5.27. The second-order valence-electron chi connectivity index (χ2n) is 3.94.